The minimum Gasteiger partial charge on any atom is -0.348 e. The lowest BCUT2D eigenvalue weighted by Gasteiger charge is -2.20. The second kappa shape index (κ2) is 7.23. The number of amides is 1. The minimum absolute atomic E-state index is 0.281. The predicted molar refractivity (Wildman–Crippen MR) is 97.0 cm³/mol. The molecule has 2 aromatic rings. The van der Waals surface area contributed by atoms with E-state index >= 15 is 0 Å². The molecular formula is C17H19ClN2O3S. The van der Waals surface area contributed by atoms with Gasteiger partial charge in [-0.3, -0.25) is 9.10 Å². The van der Waals surface area contributed by atoms with Crippen LogP contribution >= 0.6 is 11.6 Å². The zero-order chi connectivity index (χ0) is 17.9. The van der Waals surface area contributed by atoms with Crippen molar-refractivity contribution in [2.75, 3.05) is 17.6 Å². The lowest BCUT2D eigenvalue weighted by Crippen LogP contribution is -2.28. The summed E-state index contributed by atoms with van der Waals surface area (Å²) < 4.78 is 24.6. The molecule has 5 nitrogen and oxygen atoms in total. The van der Waals surface area contributed by atoms with E-state index in [4.69, 9.17) is 11.6 Å². The van der Waals surface area contributed by atoms with Gasteiger partial charge in [0.2, 0.25) is 10.0 Å². The molecule has 0 bridgehead atoms. The van der Waals surface area contributed by atoms with Crippen molar-refractivity contribution in [2.24, 2.45) is 0 Å². The van der Waals surface area contributed by atoms with Crippen LogP contribution in [-0.2, 0) is 16.6 Å². The van der Waals surface area contributed by atoms with Crippen molar-refractivity contribution in [3.8, 4) is 0 Å². The average molecular weight is 367 g/mol. The molecule has 0 fully saturated rings. The van der Waals surface area contributed by atoms with Crippen LogP contribution in [-0.4, -0.2) is 27.6 Å². The number of hydrogen-bond donors (Lipinski definition) is 1. The smallest absolute Gasteiger partial charge is 0.251 e. The Morgan fingerprint density at radius 3 is 2.46 bits per heavy atom. The normalized spacial score (nSPS) is 11.2. The Balaban J connectivity index is 2.23. The summed E-state index contributed by atoms with van der Waals surface area (Å²) in [5, 5.41) is 3.39. The highest BCUT2D eigenvalue weighted by Crippen LogP contribution is 2.24. The Kier molecular flexibility index (Phi) is 5.51. The number of halogens is 1. The van der Waals surface area contributed by atoms with E-state index in [1.54, 1.807) is 31.2 Å². The largest absolute Gasteiger partial charge is 0.348 e. The number of hydrogen-bond acceptors (Lipinski definition) is 3. The summed E-state index contributed by atoms with van der Waals surface area (Å²) in [6, 6.07) is 12.3. The van der Waals surface area contributed by atoms with Gasteiger partial charge < -0.3 is 5.32 Å². The monoisotopic (exact) mass is 366 g/mol. The molecule has 0 aliphatic carbocycles. The van der Waals surface area contributed by atoms with Gasteiger partial charge in [0.15, 0.2) is 0 Å². The van der Waals surface area contributed by atoms with Crippen LogP contribution < -0.4 is 9.62 Å². The number of rotatable bonds is 5. The van der Waals surface area contributed by atoms with Crippen LogP contribution in [0.2, 0.25) is 5.02 Å². The van der Waals surface area contributed by atoms with E-state index in [1.807, 2.05) is 18.2 Å². The van der Waals surface area contributed by atoms with Gasteiger partial charge in [-0.2, -0.15) is 0 Å². The van der Waals surface area contributed by atoms with Gasteiger partial charge in [0, 0.05) is 24.2 Å². The molecule has 0 heterocycles. The molecule has 0 atom stereocenters. The highest BCUT2D eigenvalue weighted by atomic mass is 35.5. The fraction of sp³-hybridized carbons (Fsp3) is 0.235. The first-order chi connectivity index (χ1) is 11.2. The summed E-state index contributed by atoms with van der Waals surface area (Å²) in [6.45, 7) is 2.02. The van der Waals surface area contributed by atoms with Crippen molar-refractivity contribution in [3.63, 3.8) is 0 Å². The summed E-state index contributed by atoms with van der Waals surface area (Å²) in [6.07, 6.45) is 1.12. The molecule has 1 amide bonds. The zero-order valence-electron chi connectivity index (χ0n) is 13.7. The van der Waals surface area contributed by atoms with Crippen molar-refractivity contribution in [1.29, 1.82) is 0 Å². The molecule has 7 heteroatoms. The molecule has 2 rings (SSSR count). The van der Waals surface area contributed by atoms with Crippen molar-refractivity contribution < 1.29 is 13.2 Å². The molecule has 0 radical (unpaired) electrons. The maximum absolute atomic E-state index is 12.5. The summed E-state index contributed by atoms with van der Waals surface area (Å²) in [5.41, 5.74) is 2.31. The minimum atomic E-state index is -3.40. The van der Waals surface area contributed by atoms with Crippen LogP contribution in [0.25, 0.3) is 0 Å². The van der Waals surface area contributed by atoms with Crippen LogP contribution in [0.5, 0.6) is 0 Å². The molecule has 0 spiro atoms. The zero-order valence-corrected chi connectivity index (χ0v) is 15.3. The Labute approximate surface area is 147 Å². The molecule has 1 N–H and O–H groups in total. The third-order valence-electron chi connectivity index (χ3n) is 3.78. The van der Waals surface area contributed by atoms with Crippen LogP contribution in [0, 0.1) is 6.92 Å². The average Bonchev–Trinajstić information content (AvgIpc) is 2.52. The third kappa shape index (κ3) is 4.07. The molecule has 0 saturated carbocycles. The second-order valence-corrected chi connectivity index (χ2v) is 7.88. The molecule has 2 aromatic carbocycles. The highest BCUT2D eigenvalue weighted by molar-refractivity contribution is 7.92. The first-order valence-corrected chi connectivity index (χ1v) is 9.49. The number of carbonyl (C=O) groups is 1. The molecule has 128 valence electrons. The van der Waals surface area contributed by atoms with Crippen LogP contribution in [0.15, 0.2) is 42.5 Å². The Morgan fingerprint density at radius 2 is 1.83 bits per heavy atom. The van der Waals surface area contributed by atoms with Gasteiger partial charge in [0.05, 0.1) is 11.9 Å². The number of nitrogens with one attached hydrogen (secondary N) is 1. The summed E-state index contributed by atoms with van der Waals surface area (Å²) in [5.74, 6) is -0.281. The number of benzene rings is 2. The van der Waals surface area contributed by atoms with E-state index in [1.165, 1.54) is 7.05 Å². The molecule has 0 saturated heterocycles. The van der Waals surface area contributed by atoms with Gasteiger partial charge in [-0.05, 0) is 36.2 Å². The Hall–Kier alpha value is -2.05. The first-order valence-electron chi connectivity index (χ1n) is 7.27. The Morgan fingerprint density at radius 1 is 1.17 bits per heavy atom. The van der Waals surface area contributed by atoms with E-state index < -0.39 is 10.0 Å². The Bertz CT molecular complexity index is 866. The molecule has 0 aromatic heterocycles. The summed E-state index contributed by atoms with van der Waals surface area (Å²) in [4.78, 5) is 12.5. The van der Waals surface area contributed by atoms with Crippen LogP contribution in [0.4, 0.5) is 5.69 Å². The number of sulfonamides is 1. The van der Waals surface area contributed by atoms with Crippen molar-refractivity contribution in [1.82, 2.24) is 5.32 Å². The van der Waals surface area contributed by atoms with Gasteiger partial charge in [-0.25, -0.2) is 8.42 Å². The van der Waals surface area contributed by atoms with E-state index in [0.717, 1.165) is 16.1 Å². The van der Waals surface area contributed by atoms with Gasteiger partial charge in [0.1, 0.15) is 0 Å². The quantitative estimate of drug-likeness (QED) is 0.884. The first kappa shape index (κ1) is 18.3. The lowest BCUT2D eigenvalue weighted by atomic mass is 10.1. The number of carbonyl (C=O) groups excluding carboxylic acids is 1. The van der Waals surface area contributed by atoms with E-state index in [2.05, 4.69) is 5.32 Å². The van der Waals surface area contributed by atoms with E-state index in [9.17, 15) is 13.2 Å². The SMILES string of the molecule is Cc1c(C(=O)NCc2ccccc2Cl)cccc1N(C)S(C)(=O)=O. The molecule has 0 aliphatic rings. The van der Waals surface area contributed by atoms with Gasteiger partial charge in [-0.1, -0.05) is 35.9 Å². The van der Waals surface area contributed by atoms with Crippen molar-refractivity contribution in [2.45, 2.75) is 13.5 Å². The van der Waals surface area contributed by atoms with Crippen LogP contribution in [0.3, 0.4) is 0 Å². The molecular weight excluding hydrogens is 348 g/mol. The standard InChI is InChI=1S/C17H19ClN2O3S/c1-12-14(8-6-10-16(12)20(2)24(3,22)23)17(21)19-11-13-7-4-5-9-15(13)18/h4-10H,11H2,1-3H3,(H,19,21). The van der Waals surface area contributed by atoms with Crippen molar-refractivity contribution in [3.05, 3.63) is 64.2 Å². The third-order valence-corrected chi connectivity index (χ3v) is 5.34. The van der Waals surface area contributed by atoms with Gasteiger partial charge >= 0.3 is 0 Å². The fourth-order valence-electron chi connectivity index (χ4n) is 2.30. The van der Waals surface area contributed by atoms with Crippen LogP contribution in [0.1, 0.15) is 21.5 Å². The van der Waals surface area contributed by atoms with Crippen molar-refractivity contribution >= 4 is 33.2 Å². The number of nitrogens with zero attached hydrogens (tertiary/aromatic N) is 1. The second-order valence-electron chi connectivity index (χ2n) is 5.45. The van der Waals surface area contributed by atoms with E-state index in [0.29, 0.717) is 28.4 Å². The molecule has 0 aliphatic heterocycles. The molecule has 24 heavy (non-hydrogen) atoms. The maximum atomic E-state index is 12.5. The predicted octanol–water partition coefficient (Wildman–Crippen LogP) is 2.97. The molecule has 0 unspecified atom stereocenters. The topological polar surface area (TPSA) is 66.5 Å². The fourth-order valence-corrected chi connectivity index (χ4v) is 3.06. The number of anilines is 1. The van der Waals surface area contributed by atoms with E-state index in [-0.39, 0.29) is 5.91 Å². The highest BCUT2D eigenvalue weighted by Gasteiger charge is 2.18. The lowest BCUT2D eigenvalue weighted by molar-refractivity contribution is 0.0950. The van der Waals surface area contributed by atoms with Gasteiger partial charge in [-0.15, -0.1) is 0 Å². The summed E-state index contributed by atoms with van der Waals surface area (Å²) >= 11 is 6.08. The summed E-state index contributed by atoms with van der Waals surface area (Å²) in [7, 11) is -1.94. The van der Waals surface area contributed by atoms with Gasteiger partial charge in [0.25, 0.3) is 5.91 Å². The maximum Gasteiger partial charge on any atom is 0.251 e.